The van der Waals surface area contributed by atoms with Crippen molar-refractivity contribution in [3.8, 4) is 16.9 Å². The van der Waals surface area contributed by atoms with E-state index in [9.17, 15) is 14.0 Å². The molecule has 1 amide bonds. The standard InChI is InChI=1S/C32H31ClF2N6O2/c1-7-21-9-8-10-24(35)25(21)27-23(33)15-22-29(40-14-13-39(16-19(40)5)31(42)20(6)34)38-32(43)41(30(22)37-27)28-18(4)11-12-36-26(28)17(2)3/h7-12,15,17,19H,1,6,13-14,16H2,2-5H3/t19-/m0/s1/i1D2,4D3. The van der Waals surface area contributed by atoms with Gasteiger partial charge in [0.25, 0.3) is 5.91 Å². The quantitative estimate of drug-likeness (QED) is 0.241. The Morgan fingerprint density at radius 2 is 2.07 bits per heavy atom. The molecule has 4 aromatic rings. The molecule has 0 radical (unpaired) electrons. The highest BCUT2D eigenvalue weighted by Crippen LogP contribution is 2.37. The molecule has 5 rings (SSSR count). The summed E-state index contributed by atoms with van der Waals surface area (Å²) in [6.07, 6.45) is 2.46. The maximum Gasteiger partial charge on any atom is 0.355 e. The Morgan fingerprint density at radius 1 is 1.28 bits per heavy atom. The summed E-state index contributed by atoms with van der Waals surface area (Å²) in [5, 5.41) is 0.142. The minimum Gasteiger partial charge on any atom is -0.350 e. The van der Waals surface area contributed by atoms with Crippen LogP contribution >= 0.6 is 11.6 Å². The van der Waals surface area contributed by atoms with Crippen LogP contribution in [0.4, 0.5) is 14.6 Å². The molecule has 1 aliphatic rings. The first-order chi connectivity index (χ1) is 22.5. The molecule has 43 heavy (non-hydrogen) atoms. The van der Waals surface area contributed by atoms with Gasteiger partial charge in [0.05, 0.1) is 30.2 Å². The lowest BCUT2D eigenvalue weighted by Gasteiger charge is -2.40. The Bertz CT molecular complexity index is 2050. The second kappa shape index (κ2) is 11.7. The van der Waals surface area contributed by atoms with E-state index in [-0.39, 0.29) is 81.2 Å². The minimum absolute atomic E-state index is 0.0551. The maximum atomic E-state index is 15.6. The van der Waals surface area contributed by atoms with Crippen molar-refractivity contribution in [2.75, 3.05) is 24.5 Å². The van der Waals surface area contributed by atoms with Gasteiger partial charge in [-0.2, -0.15) is 4.98 Å². The zero-order chi connectivity index (χ0) is 35.2. The molecule has 0 N–H and O–H groups in total. The van der Waals surface area contributed by atoms with E-state index in [1.54, 1.807) is 25.7 Å². The summed E-state index contributed by atoms with van der Waals surface area (Å²) < 4.78 is 70.4. The van der Waals surface area contributed by atoms with Gasteiger partial charge in [0.2, 0.25) is 0 Å². The van der Waals surface area contributed by atoms with Gasteiger partial charge < -0.3 is 9.80 Å². The van der Waals surface area contributed by atoms with Crippen molar-refractivity contribution in [2.24, 2.45) is 0 Å². The molecule has 11 heteroatoms. The van der Waals surface area contributed by atoms with Gasteiger partial charge in [0, 0.05) is 41.5 Å². The van der Waals surface area contributed by atoms with Gasteiger partial charge >= 0.3 is 5.69 Å². The fourth-order valence-electron chi connectivity index (χ4n) is 5.37. The Labute approximate surface area is 260 Å². The van der Waals surface area contributed by atoms with E-state index in [0.717, 1.165) is 16.7 Å². The number of benzene rings is 1. The van der Waals surface area contributed by atoms with Crippen molar-refractivity contribution in [1.82, 2.24) is 24.4 Å². The highest BCUT2D eigenvalue weighted by Gasteiger charge is 2.32. The number of nitrogens with zero attached hydrogens (tertiary/aromatic N) is 6. The third-order valence-electron chi connectivity index (χ3n) is 7.38. The van der Waals surface area contributed by atoms with Gasteiger partial charge in [-0.15, -0.1) is 0 Å². The molecule has 0 saturated carbocycles. The molecule has 1 aromatic carbocycles. The number of carbonyl (C=O) groups is 1. The monoisotopic (exact) mass is 609 g/mol. The summed E-state index contributed by atoms with van der Waals surface area (Å²) in [6, 6.07) is 6.29. The number of hydrogen-bond acceptors (Lipinski definition) is 6. The number of piperazine rings is 1. The predicted octanol–water partition coefficient (Wildman–Crippen LogP) is 6.23. The van der Waals surface area contributed by atoms with Gasteiger partial charge in [-0.05, 0) is 49.0 Å². The topological polar surface area (TPSA) is 84.2 Å². The van der Waals surface area contributed by atoms with Crippen LogP contribution in [0.2, 0.25) is 5.02 Å². The Kier molecular flexibility index (Phi) is 6.53. The molecule has 4 heterocycles. The molecule has 3 aromatic heterocycles. The number of anilines is 1. The normalized spacial score (nSPS) is 17.2. The molecule has 0 bridgehead atoms. The summed E-state index contributed by atoms with van der Waals surface area (Å²) in [6.45, 7) is 5.40. The molecule has 0 aliphatic carbocycles. The second-order valence-electron chi connectivity index (χ2n) is 10.5. The first-order valence-electron chi connectivity index (χ1n) is 16.0. The predicted molar refractivity (Wildman–Crippen MR) is 166 cm³/mol. The number of aromatic nitrogens is 4. The molecule has 1 saturated heterocycles. The third kappa shape index (κ3) is 5.31. The van der Waals surface area contributed by atoms with Gasteiger partial charge in [-0.1, -0.05) is 56.8 Å². The fourth-order valence-corrected chi connectivity index (χ4v) is 5.61. The molecular formula is C32H31ClF2N6O2. The van der Waals surface area contributed by atoms with Crippen molar-refractivity contribution < 1.29 is 20.4 Å². The Morgan fingerprint density at radius 3 is 2.74 bits per heavy atom. The lowest BCUT2D eigenvalue weighted by molar-refractivity contribution is -0.129. The van der Waals surface area contributed by atoms with Crippen LogP contribution in [-0.2, 0) is 4.79 Å². The molecular weight excluding hydrogens is 574 g/mol. The van der Waals surface area contributed by atoms with E-state index in [0.29, 0.717) is 0 Å². The molecule has 0 unspecified atom stereocenters. The molecule has 8 nitrogen and oxygen atoms in total. The van der Waals surface area contributed by atoms with Gasteiger partial charge in [0.1, 0.15) is 11.6 Å². The van der Waals surface area contributed by atoms with E-state index in [1.165, 1.54) is 35.4 Å². The van der Waals surface area contributed by atoms with Crippen molar-refractivity contribution in [2.45, 2.75) is 39.6 Å². The average Bonchev–Trinajstić information content (AvgIpc) is 2.99. The van der Waals surface area contributed by atoms with E-state index < -0.39 is 42.7 Å². The number of aryl methyl sites for hydroxylation is 1. The van der Waals surface area contributed by atoms with E-state index in [1.807, 2.05) is 0 Å². The fraction of sp³-hybridized carbons (Fsp3) is 0.281. The Balaban J connectivity index is 1.89. The second-order valence-corrected chi connectivity index (χ2v) is 10.9. The van der Waals surface area contributed by atoms with Crippen molar-refractivity contribution >= 4 is 40.4 Å². The van der Waals surface area contributed by atoms with Crippen LogP contribution in [0.3, 0.4) is 0 Å². The zero-order valence-electron chi connectivity index (χ0n) is 28.7. The smallest absolute Gasteiger partial charge is 0.350 e. The van der Waals surface area contributed by atoms with Gasteiger partial charge in [0.15, 0.2) is 11.5 Å². The van der Waals surface area contributed by atoms with Gasteiger partial charge in [-0.25, -0.2) is 23.1 Å². The van der Waals surface area contributed by atoms with Crippen LogP contribution in [-0.4, -0.2) is 56.0 Å². The SMILES string of the molecule is [2H]C([2H])=Cc1cccc(F)c1-c1nc2c(cc1Cl)c(N1CCN(C(=O)C(=C)F)C[C@@H]1C)nc(=O)n2-c1c(C([2H])([2H])[2H])ccnc1C(C)C. The average molecular weight is 610 g/mol. The zero-order valence-corrected chi connectivity index (χ0v) is 24.4. The highest BCUT2D eigenvalue weighted by molar-refractivity contribution is 6.34. The van der Waals surface area contributed by atoms with Crippen molar-refractivity contribution in [3.05, 3.63) is 93.6 Å². The lowest BCUT2D eigenvalue weighted by Crippen LogP contribution is -2.54. The number of fused-ring (bicyclic) bond motifs is 1. The summed E-state index contributed by atoms with van der Waals surface area (Å²) in [4.78, 5) is 43.1. The van der Waals surface area contributed by atoms with E-state index >= 15 is 4.39 Å². The number of pyridine rings is 2. The van der Waals surface area contributed by atoms with Crippen molar-refractivity contribution in [3.63, 3.8) is 0 Å². The summed E-state index contributed by atoms with van der Waals surface area (Å²) in [5.41, 5.74) is -1.13. The van der Waals surface area contributed by atoms with Crippen molar-refractivity contribution in [1.29, 1.82) is 0 Å². The molecule has 222 valence electrons. The van der Waals surface area contributed by atoms with E-state index in [4.69, 9.17) is 23.4 Å². The van der Waals surface area contributed by atoms with Crippen LogP contribution in [0.5, 0.6) is 0 Å². The number of carbonyl (C=O) groups excluding carboxylic acids is 1. The summed E-state index contributed by atoms with van der Waals surface area (Å²) in [5.74, 6) is -2.96. The lowest BCUT2D eigenvalue weighted by atomic mass is 10.0. The number of rotatable bonds is 6. The molecule has 0 spiro atoms. The molecule has 1 fully saturated rings. The van der Waals surface area contributed by atoms with Crippen LogP contribution in [0.15, 0.2) is 60.3 Å². The minimum atomic E-state index is -2.69. The van der Waals surface area contributed by atoms with E-state index in [2.05, 4.69) is 16.5 Å². The summed E-state index contributed by atoms with van der Waals surface area (Å²) in [7, 11) is 0. The Hall–Kier alpha value is -4.44. The van der Waals surface area contributed by atoms with Crippen LogP contribution in [0.1, 0.15) is 50.4 Å². The first kappa shape index (κ1) is 24.0. The number of hydrogen-bond donors (Lipinski definition) is 0. The molecule has 1 atom stereocenters. The summed E-state index contributed by atoms with van der Waals surface area (Å²) >= 11 is 6.80. The van der Waals surface area contributed by atoms with Crippen LogP contribution in [0.25, 0.3) is 34.1 Å². The number of amides is 1. The van der Waals surface area contributed by atoms with Crippen LogP contribution in [0, 0.1) is 12.7 Å². The van der Waals surface area contributed by atoms with Gasteiger partial charge in [-0.3, -0.25) is 9.78 Å². The largest absolute Gasteiger partial charge is 0.355 e. The maximum absolute atomic E-state index is 15.6. The number of halogens is 3. The third-order valence-corrected chi connectivity index (χ3v) is 7.67. The first-order valence-corrected chi connectivity index (χ1v) is 13.9. The highest BCUT2D eigenvalue weighted by atomic mass is 35.5. The molecule has 1 aliphatic heterocycles. The van der Waals surface area contributed by atoms with Crippen LogP contribution < -0.4 is 10.6 Å².